The van der Waals surface area contributed by atoms with Crippen LogP contribution in [0, 0.1) is 0 Å². The molecule has 2 rings (SSSR count). The van der Waals surface area contributed by atoms with Crippen molar-refractivity contribution in [2.75, 3.05) is 0 Å². The van der Waals surface area contributed by atoms with Gasteiger partial charge in [-0.25, -0.2) is 0 Å². The SMILES string of the molecule is O=S([O-])Cc1cccc2c(Cl)ccnc12. The third kappa shape index (κ3) is 2.17. The van der Waals surface area contributed by atoms with Crippen molar-refractivity contribution >= 4 is 33.6 Å². The molecule has 1 aromatic carbocycles. The van der Waals surface area contributed by atoms with E-state index in [4.69, 9.17) is 11.6 Å². The molecule has 1 atom stereocenters. The lowest BCUT2D eigenvalue weighted by atomic mass is 10.1. The summed E-state index contributed by atoms with van der Waals surface area (Å²) in [4.78, 5) is 4.14. The molecule has 2 aromatic rings. The highest BCUT2D eigenvalue weighted by Gasteiger charge is 2.04. The van der Waals surface area contributed by atoms with Crippen molar-refractivity contribution < 1.29 is 8.76 Å². The van der Waals surface area contributed by atoms with Crippen molar-refractivity contribution in [2.24, 2.45) is 0 Å². The number of para-hydroxylation sites is 1. The van der Waals surface area contributed by atoms with E-state index >= 15 is 0 Å². The van der Waals surface area contributed by atoms with Crippen LogP contribution in [0.15, 0.2) is 30.5 Å². The molecular weight excluding hydrogens is 234 g/mol. The van der Waals surface area contributed by atoms with Gasteiger partial charge < -0.3 is 4.55 Å². The zero-order valence-corrected chi connectivity index (χ0v) is 9.22. The molecule has 0 spiro atoms. The average molecular weight is 241 g/mol. The van der Waals surface area contributed by atoms with Crippen molar-refractivity contribution in [3.8, 4) is 0 Å². The standard InChI is InChI=1S/C10H8ClNO2S/c11-9-4-5-12-10-7(6-15(13)14)2-1-3-8(9)10/h1-5H,6H2,(H,13,14)/p-1. The second-order valence-corrected chi connectivity index (χ2v) is 4.36. The fraction of sp³-hybridized carbons (Fsp3) is 0.100. The van der Waals surface area contributed by atoms with E-state index in [2.05, 4.69) is 4.98 Å². The summed E-state index contributed by atoms with van der Waals surface area (Å²) in [5, 5.41) is 1.36. The molecule has 0 radical (unpaired) electrons. The summed E-state index contributed by atoms with van der Waals surface area (Å²) in [6.45, 7) is 0. The van der Waals surface area contributed by atoms with Crippen LogP contribution >= 0.6 is 11.6 Å². The molecule has 0 bridgehead atoms. The van der Waals surface area contributed by atoms with Crippen molar-refractivity contribution in [1.82, 2.24) is 4.98 Å². The van der Waals surface area contributed by atoms with Crippen LogP contribution in [0.25, 0.3) is 10.9 Å². The highest BCUT2D eigenvalue weighted by atomic mass is 35.5. The van der Waals surface area contributed by atoms with Crippen molar-refractivity contribution in [3.63, 3.8) is 0 Å². The minimum absolute atomic E-state index is 0.0370. The number of rotatable bonds is 2. The lowest BCUT2D eigenvalue weighted by Gasteiger charge is -2.08. The summed E-state index contributed by atoms with van der Waals surface area (Å²) in [5.41, 5.74) is 1.32. The van der Waals surface area contributed by atoms with Gasteiger partial charge in [0.15, 0.2) is 0 Å². The van der Waals surface area contributed by atoms with Crippen molar-refractivity contribution in [3.05, 3.63) is 41.0 Å². The summed E-state index contributed by atoms with van der Waals surface area (Å²) in [7, 11) is 0. The Balaban J connectivity index is 2.65. The lowest BCUT2D eigenvalue weighted by Crippen LogP contribution is -1.95. The number of aromatic nitrogens is 1. The normalized spacial score (nSPS) is 12.9. The van der Waals surface area contributed by atoms with Crippen molar-refractivity contribution in [1.29, 1.82) is 0 Å². The monoisotopic (exact) mass is 240 g/mol. The van der Waals surface area contributed by atoms with Gasteiger partial charge in [0.2, 0.25) is 0 Å². The molecule has 0 aliphatic carbocycles. The summed E-state index contributed by atoms with van der Waals surface area (Å²) >= 11 is 3.86. The first-order valence-electron chi connectivity index (χ1n) is 4.26. The average Bonchev–Trinajstić information content (AvgIpc) is 2.19. The fourth-order valence-electron chi connectivity index (χ4n) is 1.45. The Morgan fingerprint density at radius 2 is 2.20 bits per heavy atom. The molecule has 0 saturated carbocycles. The highest BCUT2D eigenvalue weighted by Crippen LogP contribution is 2.24. The molecule has 1 heterocycles. The van der Waals surface area contributed by atoms with E-state index in [-0.39, 0.29) is 5.75 Å². The third-order valence-electron chi connectivity index (χ3n) is 2.07. The number of hydrogen-bond donors (Lipinski definition) is 0. The number of benzene rings is 1. The predicted octanol–water partition coefficient (Wildman–Crippen LogP) is 2.27. The summed E-state index contributed by atoms with van der Waals surface area (Å²) in [6, 6.07) is 7.02. The maximum Gasteiger partial charge on any atom is 0.0757 e. The summed E-state index contributed by atoms with van der Waals surface area (Å²) in [6.07, 6.45) is 1.57. The van der Waals surface area contributed by atoms with Gasteiger partial charge in [0.05, 0.1) is 10.5 Å². The molecule has 0 aliphatic heterocycles. The van der Waals surface area contributed by atoms with Gasteiger partial charge in [-0.2, -0.15) is 0 Å². The Morgan fingerprint density at radius 3 is 2.93 bits per heavy atom. The minimum atomic E-state index is -2.11. The zero-order chi connectivity index (χ0) is 10.8. The molecular formula is C10H7ClNO2S-. The number of fused-ring (bicyclic) bond motifs is 1. The van der Waals surface area contributed by atoms with Gasteiger partial charge in [-0.05, 0) is 11.6 Å². The minimum Gasteiger partial charge on any atom is -0.772 e. The van der Waals surface area contributed by atoms with Crippen LogP contribution < -0.4 is 0 Å². The first kappa shape index (κ1) is 10.5. The van der Waals surface area contributed by atoms with Gasteiger partial charge in [0.25, 0.3) is 0 Å². The number of halogens is 1. The van der Waals surface area contributed by atoms with Gasteiger partial charge in [0.1, 0.15) is 0 Å². The van der Waals surface area contributed by atoms with E-state index in [1.807, 2.05) is 6.07 Å². The Labute approximate surface area is 94.4 Å². The third-order valence-corrected chi connectivity index (χ3v) is 2.95. The van der Waals surface area contributed by atoms with Gasteiger partial charge in [0, 0.05) is 17.3 Å². The Bertz CT molecular complexity index is 530. The molecule has 0 fully saturated rings. The number of nitrogens with zero attached hydrogens (tertiary/aromatic N) is 1. The highest BCUT2D eigenvalue weighted by molar-refractivity contribution is 7.78. The molecule has 0 amide bonds. The van der Waals surface area contributed by atoms with E-state index in [0.29, 0.717) is 16.1 Å². The maximum atomic E-state index is 10.6. The van der Waals surface area contributed by atoms with Crippen LogP contribution in [0.3, 0.4) is 0 Å². The van der Waals surface area contributed by atoms with E-state index in [1.54, 1.807) is 24.4 Å². The molecule has 3 nitrogen and oxygen atoms in total. The Hall–Kier alpha value is -0.970. The number of hydrogen-bond acceptors (Lipinski definition) is 3. The summed E-state index contributed by atoms with van der Waals surface area (Å²) in [5.74, 6) is -0.0370. The predicted molar refractivity (Wildman–Crippen MR) is 59.4 cm³/mol. The topological polar surface area (TPSA) is 53.0 Å². The molecule has 5 heteroatoms. The fourth-order valence-corrected chi connectivity index (χ4v) is 2.14. The van der Waals surface area contributed by atoms with Crippen LogP contribution in [0.4, 0.5) is 0 Å². The molecule has 15 heavy (non-hydrogen) atoms. The zero-order valence-electron chi connectivity index (χ0n) is 7.64. The molecule has 1 unspecified atom stereocenters. The van der Waals surface area contributed by atoms with Gasteiger partial charge >= 0.3 is 0 Å². The molecule has 0 N–H and O–H groups in total. The second kappa shape index (κ2) is 4.26. The van der Waals surface area contributed by atoms with E-state index < -0.39 is 11.1 Å². The first-order chi connectivity index (χ1) is 7.18. The molecule has 0 saturated heterocycles. The van der Waals surface area contributed by atoms with Crippen LogP contribution in [-0.2, 0) is 16.8 Å². The van der Waals surface area contributed by atoms with Crippen LogP contribution in [0.2, 0.25) is 5.02 Å². The maximum absolute atomic E-state index is 10.6. The number of pyridine rings is 1. The van der Waals surface area contributed by atoms with E-state index in [9.17, 15) is 8.76 Å². The largest absolute Gasteiger partial charge is 0.772 e. The molecule has 78 valence electrons. The first-order valence-corrected chi connectivity index (χ1v) is 5.88. The quantitative estimate of drug-likeness (QED) is 0.757. The Morgan fingerprint density at radius 1 is 1.40 bits per heavy atom. The van der Waals surface area contributed by atoms with Crippen molar-refractivity contribution in [2.45, 2.75) is 5.75 Å². The van der Waals surface area contributed by atoms with Gasteiger partial charge in [-0.15, -0.1) is 0 Å². The second-order valence-electron chi connectivity index (χ2n) is 3.05. The van der Waals surface area contributed by atoms with Crippen LogP contribution in [0.1, 0.15) is 5.56 Å². The van der Waals surface area contributed by atoms with Gasteiger partial charge in [-0.1, -0.05) is 40.9 Å². The van der Waals surface area contributed by atoms with Crippen LogP contribution in [0.5, 0.6) is 0 Å². The van der Waals surface area contributed by atoms with E-state index in [0.717, 1.165) is 5.39 Å². The van der Waals surface area contributed by atoms with E-state index in [1.165, 1.54) is 0 Å². The Kier molecular flexibility index (Phi) is 3.00. The lowest BCUT2D eigenvalue weighted by molar-refractivity contribution is 0.536. The smallest absolute Gasteiger partial charge is 0.0757 e. The molecule has 0 aliphatic rings. The van der Waals surface area contributed by atoms with Crippen LogP contribution in [-0.4, -0.2) is 13.7 Å². The summed E-state index contributed by atoms with van der Waals surface area (Å²) < 4.78 is 21.3. The molecule has 1 aromatic heterocycles. The van der Waals surface area contributed by atoms with Gasteiger partial charge in [-0.3, -0.25) is 9.19 Å².